The molecule has 0 atom stereocenters. The van der Waals surface area contributed by atoms with E-state index in [4.69, 9.17) is 4.52 Å². The summed E-state index contributed by atoms with van der Waals surface area (Å²) in [6, 6.07) is 5.37. The van der Waals surface area contributed by atoms with Crippen LogP contribution in [0, 0.1) is 6.92 Å². The standard InChI is InChI=1S/C17H23N3O3S2/c1-13-10-14(19-23-13)12-24-17-9-8-16(11-18-17)25(21,22)20(2)15-6-4-3-5-7-15/h8-11,15H,3-7,12H2,1-2H3. The van der Waals surface area contributed by atoms with Gasteiger partial charge in [-0.15, -0.1) is 0 Å². The average Bonchev–Trinajstić information content (AvgIpc) is 3.06. The second kappa shape index (κ2) is 7.88. The minimum atomic E-state index is -3.48. The van der Waals surface area contributed by atoms with Gasteiger partial charge in [0, 0.05) is 31.1 Å². The van der Waals surface area contributed by atoms with Crippen molar-refractivity contribution in [3.63, 3.8) is 0 Å². The highest BCUT2D eigenvalue weighted by Crippen LogP contribution is 2.27. The minimum Gasteiger partial charge on any atom is -0.361 e. The van der Waals surface area contributed by atoms with Gasteiger partial charge in [0.1, 0.15) is 10.7 Å². The highest BCUT2D eigenvalue weighted by atomic mass is 32.2. The maximum atomic E-state index is 12.8. The highest BCUT2D eigenvalue weighted by Gasteiger charge is 2.29. The zero-order valence-electron chi connectivity index (χ0n) is 14.5. The molecule has 0 aliphatic heterocycles. The van der Waals surface area contributed by atoms with Crippen molar-refractivity contribution in [1.29, 1.82) is 0 Å². The summed E-state index contributed by atoms with van der Waals surface area (Å²) in [4.78, 5) is 4.55. The van der Waals surface area contributed by atoms with Gasteiger partial charge >= 0.3 is 0 Å². The Balaban J connectivity index is 1.65. The lowest BCUT2D eigenvalue weighted by molar-refractivity contribution is 0.285. The number of aryl methyl sites for hydroxylation is 1. The van der Waals surface area contributed by atoms with Crippen molar-refractivity contribution >= 4 is 21.8 Å². The molecule has 0 saturated heterocycles. The van der Waals surface area contributed by atoms with Crippen molar-refractivity contribution < 1.29 is 12.9 Å². The summed E-state index contributed by atoms with van der Waals surface area (Å²) in [6.45, 7) is 1.85. The number of sulfonamides is 1. The van der Waals surface area contributed by atoms with Crippen LogP contribution in [0.5, 0.6) is 0 Å². The largest absolute Gasteiger partial charge is 0.361 e. The zero-order valence-corrected chi connectivity index (χ0v) is 16.1. The van der Waals surface area contributed by atoms with Crippen molar-refractivity contribution in [3.05, 3.63) is 35.9 Å². The van der Waals surface area contributed by atoms with E-state index < -0.39 is 10.0 Å². The first kappa shape index (κ1) is 18.4. The number of aromatic nitrogens is 2. The zero-order chi connectivity index (χ0) is 17.9. The van der Waals surface area contributed by atoms with Crippen LogP contribution in [0.4, 0.5) is 0 Å². The quantitative estimate of drug-likeness (QED) is 0.711. The summed E-state index contributed by atoms with van der Waals surface area (Å²) < 4.78 is 32.1. The lowest BCUT2D eigenvalue weighted by Gasteiger charge is -2.30. The number of rotatable bonds is 6. The second-order valence-electron chi connectivity index (χ2n) is 6.36. The molecule has 2 aromatic rings. The third kappa shape index (κ3) is 4.43. The van der Waals surface area contributed by atoms with E-state index >= 15 is 0 Å². The lowest BCUT2D eigenvalue weighted by Crippen LogP contribution is -2.38. The van der Waals surface area contributed by atoms with Crippen LogP contribution in [-0.4, -0.2) is 36.0 Å². The molecule has 0 radical (unpaired) electrons. The maximum Gasteiger partial charge on any atom is 0.244 e. The monoisotopic (exact) mass is 381 g/mol. The molecule has 1 saturated carbocycles. The van der Waals surface area contributed by atoms with Crippen LogP contribution in [0.15, 0.2) is 38.8 Å². The number of pyridine rings is 1. The Kier molecular flexibility index (Phi) is 5.81. The average molecular weight is 382 g/mol. The van der Waals surface area contributed by atoms with Crippen LogP contribution in [0.2, 0.25) is 0 Å². The fourth-order valence-electron chi connectivity index (χ4n) is 3.05. The second-order valence-corrected chi connectivity index (χ2v) is 9.36. The molecule has 0 spiro atoms. The lowest BCUT2D eigenvalue weighted by atomic mass is 9.96. The van der Waals surface area contributed by atoms with Gasteiger partial charge in [0.05, 0.1) is 10.7 Å². The van der Waals surface area contributed by atoms with E-state index in [2.05, 4.69) is 10.1 Å². The topological polar surface area (TPSA) is 76.3 Å². The first-order valence-corrected chi connectivity index (χ1v) is 10.9. The molecule has 6 nitrogen and oxygen atoms in total. The molecule has 1 aliphatic carbocycles. The van der Waals surface area contributed by atoms with Gasteiger partial charge in [-0.3, -0.25) is 0 Å². The Bertz CT molecular complexity index is 797. The fraction of sp³-hybridized carbons (Fsp3) is 0.529. The van der Waals surface area contributed by atoms with Crippen LogP contribution >= 0.6 is 11.8 Å². The Morgan fingerprint density at radius 2 is 2.04 bits per heavy atom. The first-order chi connectivity index (χ1) is 12.0. The number of hydrogen-bond donors (Lipinski definition) is 0. The van der Waals surface area contributed by atoms with E-state index in [1.807, 2.05) is 13.0 Å². The van der Waals surface area contributed by atoms with Crippen LogP contribution in [0.3, 0.4) is 0 Å². The third-order valence-electron chi connectivity index (χ3n) is 4.52. The Morgan fingerprint density at radius 3 is 2.64 bits per heavy atom. The molecule has 3 rings (SSSR count). The molecule has 1 aliphatic rings. The molecule has 2 aromatic heterocycles. The van der Waals surface area contributed by atoms with Crippen LogP contribution in [0.1, 0.15) is 43.6 Å². The van der Waals surface area contributed by atoms with E-state index in [0.717, 1.165) is 42.2 Å². The van der Waals surface area contributed by atoms with E-state index in [-0.39, 0.29) is 10.9 Å². The van der Waals surface area contributed by atoms with Crippen LogP contribution < -0.4 is 0 Å². The first-order valence-electron chi connectivity index (χ1n) is 8.46. The van der Waals surface area contributed by atoms with Gasteiger partial charge in [-0.05, 0) is 31.9 Å². The van der Waals surface area contributed by atoms with Crippen molar-refractivity contribution in [2.24, 2.45) is 0 Å². The Hall–Kier alpha value is -1.38. The number of hydrogen-bond acceptors (Lipinski definition) is 6. The van der Waals surface area contributed by atoms with Gasteiger partial charge < -0.3 is 4.52 Å². The SMILES string of the molecule is Cc1cc(CSc2ccc(S(=O)(=O)N(C)C3CCCCC3)cn2)no1. The van der Waals surface area contributed by atoms with Crippen LogP contribution in [-0.2, 0) is 15.8 Å². The van der Waals surface area contributed by atoms with Gasteiger partial charge in [0.25, 0.3) is 0 Å². The predicted molar refractivity (Wildman–Crippen MR) is 96.9 cm³/mol. The van der Waals surface area contributed by atoms with Gasteiger partial charge in [0.2, 0.25) is 10.0 Å². The predicted octanol–water partition coefficient (Wildman–Crippen LogP) is 3.62. The van der Waals surface area contributed by atoms with Gasteiger partial charge in [0.15, 0.2) is 0 Å². The summed E-state index contributed by atoms with van der Waals surface area (Å²) in [5.74, 6) is 1.41. The van der Waals surface area contributed by atoms with E-state index in [9.17, 15) is 8.42 Å². The van der Waals surface area contributed by atoms with Crippen molar-refractivity contribution in [2.45, 2.75) is 60.7 Å². The number of nitrogens with zero attached hydrogens (tertiary/aromatic N) is 3. The maximum absolute atomic E-state index is 12.8. The summed E-state index contributed by atoms with van der Waals surface area (Å²) in [7, 11) is -1.80. The molecule has 2 heterocycles. The minimum absolute atomic E-state index is 0.100. The molecule has 0 N–H and O–H groups in total. The molecule has 136 valence electrons. The van der Waals surface area contributed by atoms with Gasteiger partial charge in [-0.25, -0.2) is 13.4 Å². The molecular formula is C17H23N3O3S2. The van der Waals surface area contributed by atoms with Gasteiger partial charge in [-0.2, -0.15) is 4.31 Å². The number of thioether (sulfide) groups is 1. The summed E-state index contributed by atoms with van der Waals surface area (Å²) in [6.07, 6.45) is 6.72. The summed E-state index contributed by atoms with van der Waals surface area (Å²) in [5.41, 5.74) is 0.845. The van der Waals surface area contributed by atoms with E-state index in [1.54, 1.807) is 19.2 Å². The van der Waals surface area contributed by atoms with Crippen molar-refractivity contribution in [3.8, 4) is 0 Å². The van der Waals surface area contributed by atoms with E-state index in [0.29, 0.717) is 5.75 Å². The van der Waals surface area contributed by atoms with Crippen molar-refractivity contribution in [1.82, 2.24) is 14.4 Å². The molecule has 0 amide bonds. The fourth-order valence-corrected chi connectivity index (χ4v) is 5.13. The molecule has 0 bridgehead atoms. The molecule has 8 heteroatoms. The highest BCUT2D eigenvalue weighted by molar-refractivity contribution is 7.98. The Morgan fingerprint density at radius 1 is 1.28 bits per heavy atom. The normalized spacial score (nSPS) is 16.4. The Labute approximate surface area is 153 Å². The van der Waals surface area contributed by atoms with Crippen LogP contribution in [0.25, 0.3) is 0 Å². The smallest absolute Gasteiger partial charge is 0.244 e. The van der Waals surface area contributed by atoms with Gasteiger partial charge in [-0.1, -0.05) is 36.2 Å². The molecule has 0 aromatic carbocycles. The van der Waals surface area contributed by atoms with E-state index in [1.165, 1.54) is 28.7 Å². The molecule has 25 heavy (non-hydrogen) atoms. The third-order valence-corrected chi connectivity index (χ3v) is 7.39. The van der Waals surface area contributed by atoms with Crippen molar-refractivity contribution in [2.75, 3.05) is 7.05 Å². The summed E-state index contributed by atoms with van der Waals surface area (Å²) in [5, 5.41) is 4.70. The molecular weight excluding hydrogens is 358 g/mol. The molecule has 0 unspecified atom stereocenters. The molecule has 1 fully saturated rings. The summed E-state index contributed by atoms with van der Waals surface area (Å²) >= 11 is 1.50.